The van der Waals surface area contributed by atoms with E-state index in [4.69, 9.17) is 9.15 Å². The first-order valence-electron chi connectivity index (χ1n) is 13.4. The number of hydrogen-bond acceptors (Lipinski definition) is 6. The number of ether oxygens (including phenoxy) is 1. The van der Waals surface area contributed by atoms with E-state index in [0.29, 0.717) is 32.1 Å². The molecule has 0 radical (unpaired) electrons. The van der Waals surface area contributed by atoms with E-state index in [9.17, 15) is 13.2 Å². The lowest BCUT2D eigenvalue weighted by Crippen LogP contribution is -2.47. The van der Waals surface area contributed by atoms with Crippen LogP contribution in [-0.4, -0.2) is 74.4 Å². The number of carbonyl (C=O) groups is 1. The van der Waals surface area contributed by atoms with Crippen LogP contribution in [-0.2, 0) is 38.1 Å². The van der Waals surface area contributed by atoms with Crippen molar-refractivity contribution in [1.82, 2.24) is 14.1 Å². The van der Waals surface area contributed by atoms with Gasteiger partial charge in [-0.3, -0.25) is 9.69 Å². The van der Waals surface area contributed by atoms with Crippen LogP contribution in [0, 0.1) is 0 Å². The van der Waals surface area contributed by atoms with Crippen LogP contribution in [0.3, 0.4) is 0 Å². The Morgan fingerprint density at radius 2 is 1.62 bits per heavy atom. The van der Waals surface area contributed by atoms with Gasteiger partial charge in [-0.15, -0.1) is 0 Å². The Morgan fingerprint density at radius 1 is 0.923 bits per heavy atom. The molecule has 8 nitrogen and oxygen atoms in total. The number of sulfonamides is 1. The average molecular weight is 554 g/mol. The average Bonchev–Trinajstić information content (AvgIpc) is 3.44. The van der Waals surface area contributed by atoms with E-state index < -0.39 is 10.0 Å². The zero-order valence-electron chi connectivity index (χ0n) is 23.1. The Bertz CT molecular complexity index is 1280. The van der Waals surface area contributed by atoms with Crippen LogP contribution in [0.15, 0.2) is 82.3 Å². The molecule has 9 heteroatoms. The van der Waals surface area contributed by atoms with Crippen LogP contribution in [0.5, 0.6) is 0 Å². The summed E-state index contributed by atoms with van der Waals surface area (Å²) in [5.74, 6) is 0.354. The Balaban J connectivity index is 1.58. The van der Waals surface area contributed by atoms with Crippen LogP contribution in [0.25, 0.3) is 0 Å². The van der Waals surface area contributed by atoms with Crippen LogP contribution >= 0.6 is 0 Å². The molecule has 1 fully saturated rings. The smallest absolute Gasteiger partial charge is 0.243 e. The highest BCUT2D eigenvalue weighted by molar-refractivity contribution is 7.89. The van der Waals surface area contributed by atoms with Crippen molar-refractivity contribution >= 4 is 15.9 Å². The predicted octanol–water partition coefficient (Wildman–Crippen LogP) is 4.13. The van der Waals surface area contributed by atoms with Crippen LogP contribution in [0.2, 0.25) is 0 Å². The summed E-state index contributed by atoms with van der Waals surface area (Å²) in [7, 11) is -3.92. The molecule has 1 aromatic heterocycles. The van der Waals surface area contributed by atoms with E-state index in [1.54, 1.807) is 29.4 Å². The van der Waals surface area contributed by atoms with Crippen LogP contribution < -0.4 is 0 Å². The number of furan rings is 1. The fourth-order valence-corrected chi connectivity index (χ4v) is 5.90. The Morgan fingerprint density at radius 3 is 2.23 bits per heavy atom. The molecule has 0 spiro atoms. The number of nitrogens with zero attached hydrogens (tertiary/aromatic N) is 3. The van der Waals surface area contributed by atoms with Crippen molar-refractivity contribution in [2.75, 3.05) is 45.9 Å². The molecule has 39 heavy (non-hydrogen) atoms. The van der Waals surface area contributed by atoms with Crippen molar-refractivity contribution in [1.29, 1.82) is 0 Å². The van der Waals surface area contributed by atoms with Gasteiger partial charge >= 0.3 is 0 Å². The molecule has 0 unspecified atom stereocenters. The molecule has 2 aromatic carbocycles. The number of carbonyl (C=O) groups excluding carboxylic acids is 1. The van der Waals surface area contributed by atoms with Gasteiger partial charge < -0.3 is 14.1 Å². The molecular weight excluding hydrogens is 514 g/mol. The SMILES string of the molecule is CC(C)(C)c1ccc(S(=O)(=O)N(CCN2CCOCC2)CC(=O)N(Cc2ccccc2)Cc2ccco2)cc1. The highest BCUT2D eigenvalue weighted by Crippen LogP contribution is 2.25. The highest BCUT2D eigenvalue weighted by Gasteiger charge is 2.30. The topological polar surface area (TPSA) is 83.3 Å². The number of morpholine rings is 1. The second-order valence-electron chi connectivity index (χ2n) is 10.9. The summed E-state index contributed by atoms with van der Waals surface area (Å²) in [5, 5.41) is 0. The minimum absolute atomic E-state index is 0.0991. The van der Waals surface area contributed by atoms with Crippen molar-refractivity contribution in [2.45, 2.75) is 44.2 Å². The van der Waals surface area contributed by atoms with Gasteiger partial charge in [0.05, 0.1) is 37.5 Å². The Labute approximate surface area is 232 Å². The molecule has 1 saturated heterocycles. The summed E-state index contributed by atoms with van der Waals surface area (Å²) in [4.78, 5) is 17.7. The molecule has 210 valence electrons. The summed E-state index contributed by atoms with van der Waals surface area (Å²) < 4.78 is 40.1. The van der Waals surface area contributed by atoms with Gasteiger partial charge in [0.15, 0.2) is 0 Å². The van der Waals surface area contributed by atoms with E-state index >= 15 is 0 Å². The third-order valence-electron chi connectivity index (χ3n) is 6.93. The zero-order chi connectivity index (χ0) is 27.9. The van der Waals surface area contributed by atoms with Gasteiger partial charge in [-0.2, -0.15) is 4.31 Å². The first-order chi connectivity index (χ1) is 18.6. The van der Waals surface area contributed by atoms with Crippen molar-refractivity contribution in [3.8, 4) is 0 Å². The molecule has 0 atom stereocenters. The van der Waals surface area contributed by atoms with E-state index in [1.807, 2.05) is 48.5 Å². The molecule has 2 heterocycles. The van der Waals surface area contributed by atoms with Crippen molar-refractivity contribution in [2.24, 2.45) is 0 Å². The standard InChI is InChI=1S/C30H39N3O5S/c1-30(2,3)26-11-13-28(14-12-26)39(35,36)33(16-15-31-17-20-37-21-18-31)24-29(34)32(23-27-10-7-19-38-27)22-25-8-5-4-6-9-25/h4-14,19H,15-18,20-24H2,1-3H3. The molecule has 1 aliphatic heterocycles. The van der Waals surface area contributed by atoms with E-state index in [-0.39, 0.29) is 35.9 Å². The summed E-state index contributed by atoms with van der Waals surface area (Å²) in [5.41, 5.74) is 1.90. The van der Waals surface area contributed by atoms with Gasteiger partial charge in [0.1, 0.15) is 5.76 Å². The zero-order valence-corrected chi connectivity index (χ0v) is 23.9. The fraction of sp³-hybridized carbons (Fsp3) is 0.433. The molecule has 1 amide bonds. The van der Waals surface area contributed by atoms with Gasteiger partial charge in [0.25, 0.3) is 0 Å². The summed E-state index contributed by atoms with van der Waals surface area (Å²) >= 11 is 0. The lowest BCUT2D eigenvalue weighted by atomic mass is 9.87. The van der Waals surface area contributed by atoms with Gasteiger partial charge in [-0.1, -0.05) is 63.2 Å². The maximum atomic E-state index is 13.9. The molecule has 3 aromatic rings. The fourth-order valence-electron chi connectivity index (χ4n) is 4.52. The lowest BCUT2D eigenvalue weighted by molar-refractivity contribution is -0.133. The highest BCUT2D eigenvalue weighted by atomic mass is 32.2. The second kappa shape index (κ2) is 12.9. The molecule has 0 aliphatic carbocycles. The summed E-state index contributed by atoms with van der Waals surface area (Å²) in [6.07, 6.45) is 1.57. The molecular formula is C30H39N3O5S. The first kappa shape index (κ1) is 29.0. The molecule has 0 N–H and O–H groups in total. The number of hydrogen-bond donors (Lipinski definition) is 0. The lowest BCUT2D eigenvalue weighted by Gasteiger charge is -2.31. The van der Waals surface area contributed by atoms with E-state index in [1.165, 1.54) is 4.31 Å². The third-order valence-corrected chi connectivity index (χ3v) is 8.79. The predicted molar refractivity (Wildman–Crippen MR) is 151 cm³/mol. The Kier molecular flexibility index (Phi) is 9.61. The van der Waals surface area contributed by atoms with Crippen LogP contribution in [0.1, 0.15) is 37.7 Å². The van der Waals surface area contributed by atoms with Crippen molar-refractivity contribution in [3.05, 3.63) is 89.9 Å². The van der Waals surface area contributed by atoms with Gasteiger partial charge in [-0.25, -0.2) is 8.42 Å². The van der Waals surface area contributed by atoms with Crippen LogP contribution in [0.4, 0.5) is 0 Å². The molecule has 4 rings (SSSR count). The van der Waals surface area contributed by atoms with Crippen molar-refractivity contribution < 1.29 is 22.4 Å². The van der Waals surface area contributed by atoms with Gasteiger partial charge in [0, 0.05) is 32.7 Å². The minimum Gasteiger partial charge on any atom is -0.467 e. The minimum atomic E-state index is -3.92. The van der Waals surface area contributed by atoms with E-state index in [0.717, 1.165) is 24.2 Å². The summed E-state index contributed by atoms with van der Waals surface area (Å²) in [6.45, 7) is 10.0. The maximum Gasteiger partial charge on any atom is 0.243 e. The maximum absolute atomic E-state index is 13.9. The molecule has 0 bridgehead atoms. The molecule has 1 aliphatic rings. The normalized spacial score (nSPS) is 15.0. The second-order valence-corrected chi connectivity index (χ2v) is 12.8. The van der Waals surface area contributed by atoms with E-state index in [2.05, 4.69) is 25.7 Å². The largest absolute Gasteiger partial charge is 0.467 e. The Hall–Kier alpha value is -2.98. The van der Waals surface area contributed by atoms with Gasteiger partial charge in [-0.05, 0) is 40.8 Å². The number of rotatable bonds is 11. The first-order valence-corrected chi connectivity index (χ1v) is 14.8. The van der Waals surface area contributed by atoms with Crippen molar-refractivity contribution in [3.63, 3.8) is 0 Å². The summed E-state index contributed by atoms with van der Waals surface area (Å²) in [6, 6.07) is 20.3. The monoisotopic (exact) mass is 553 g/mol. The van der Waals surface area contributed by atoms with Gasteiger partial charge in [0.2, 0.25) is 15.9 Å². The molecule has 0 saturated carbocycles. The third kappa shape index (κ3) is 8.02. The number of amides is 1. The number of benzene rings is 2. The quantitative estimate of drug-likeness (QED) is 0.355.